The molecule has 1 aromatic heterocycles. The molecule has 6 heteroatoms. The van der Waals surface area contributed by atoms with Crippen molar-refractivity contribution in [3.8, 4) is 0 Å². The lowest BCUT2D eigenvalue weighted by Gasteiger charge is -2.17. The molecule has 0 saturated carbocycles. The van der Waals surface area contributed by atoms with Crippen LogP contribution in [0.2, 0.25) is 5.02 Å². The molecule has 0 aliphatic heterocycles. The van der Waals surface area contributed by atoms with Crippen molar-refractivity contribution in [2.24, 2.45) is 0 Å². The number of fused-ring (bicyclic) bond motifs is 3. The van der Waals surface area contributed by atoms with Gasteiger partial charge in [-0.3, -0.25) is 0 Å². The fraction of sp³-hybridized carbons (Fsp3) is 0.182. The summed E-state index contributed by atoms with van der Waals surface area (Å²) in [5.41, 5.74) is 4.25. The van der Waals surface area contributed by atoms with Gasteiger partial charge < -0.3 is 15.0 Å². The van der Waals surface area contributed by atoms with Crippen LogP contribution in [0.1, 0.15) is 5.56 Å². The molecule has 0 amide bonds. The van der Waals surface area contributed by atoms with Crippen LogP contribution in [0, 0.1) is 14.1 Å². The predicted octanol–water partition coefficient (Wildman–Crippen LogP) is 6.44. The van der Waals surface area contributed by atoms with Crippen LogP contribution in [-0.2, 0) is 6.54 Å². The third-order valence-corrected chi connectivity index (χ3v) is 6.73. The average molecular weight is 617 g/mol. The number of aliphatic hydroxyl groups excluding tert-OH is 1. The molecular weight excluding hydrogens is 598 g/mol. The molecule has 0 bridgehead atoms. The molecule has 144 valence electrons. The standard InChI is InChI=1S/C22H19ClI2N2O/c1-13-19(23)3-2-4-20(13)26-11-16(28)12-27-21-7-5-14(24)9-17(21)18-10-15(25)6-8-22(18)27/h2-10,16,26,28H,11-12H2,1H3. The highest BCUT2D eigenvalue weighted by atomic mass is 127. The Morgan fingerprint density at radius 1 is 1.00 bits per heavy atom. The van der Waals surface area contributed by atoms with Crippen molar-refractivity contribution in [1.29, 1.82) is 0 Å². The van der Waals surface area contributed by atoms with E-state index in [9.17, 15) is 5.11 Å². The Morgan fingerprint density at radius 2 is 1.61 bits per heavy atom. The summed E-state index contributed by atoms with van der Waals surface area (Å²) in [6.07, 6.45) is -0.532. The molecule has 3 nitrogen and oxygen atoms in total. The van der Waals surface area contributed by atoms with Gasteiger partial charge in [0.1, 0.15) is 0 Å². The predicted molar refractivity (Wildman–Crippen MR) is 136 cm³/mol. The van der Waals surface area contributed by atoms with Crippen LogP contribution in [-0.4, -0.2) is 22.3 Å². The van der Waals surface area contributed by atoms with Gasteiger partial charge in [0.25, 0.3) is 0 Å². The second-order valence-electron chi connectivity index (χ2n) is 6.88. The maximum absolute atomic E-state index is 10.8. The van der Waals surface area contributed by atoms with E-state index in [4.69, 9.17) is 11.6 Å². The Bertz CT molecular complexity index is 1110. The highest BCUT2D eigenvalue weighted by Gasteiger charge is 2.15. The second kappa shape index (κ2) is 8.38. The molecule has 0 aliphatic rings. The van der Waals surface area contributed by atoms with Crippen LogP contribution in [0.3, 0.4) is 0 Å². The lowest BCUT2D eigenvalue weighted by Crippen LogP contribution is -2.25. The molecule has 2 N–H and O–H groups in total. The van der Waals surface area contributed by atoms with Crippen LogP contribution >= 0.6 is 56.8 Å². The molecule has 3 aromatic carbocycles. The van der Waals surface area contributed by atoms with Gasteiger partial charge in [0, 0.05) is 46.2 Å². The van der Waals surface area contributed by atoms with Crippen molar-refractivity contribution in [2.45, 2.75) is 19.6 Å². The molecule has 0 aliphatic carbocycles. The van der Waals surface area contributed by atoms with Crippen LogP contribution in [0.5, 0.6) is 0 Å². The average Bonchev–Trinajstić information content (AvgIpc) is 2.95. The van der Waals surface area contributed by atoms with Gasteiger partial charge in [-0.05, 0) is 106 Å². The first-order valence-corrected chi connectivity index (χ1v) is 11.5. The van der Waals surface area contributed by atoms with E-state index in [-0.39, 0.29) is 0 Å². The molecule has 0 fully saturated rings. The number of aromatic nitrogens is 1. The van der Waals surface area contributed by atoms with E-state index in [1.165, 1.54) is 17.9 Å². The molecule has 1 unspecified atom stereocenters. The van der Waals surface area contributed by atoms with Crippen LogP contribution < -0.4 is 5.32 Å². The molecule has 0 spiro atoms. The number of halogens is 3. The summed E-state index contributed by atoms with van der Waals surface area (Å²) < 4.78 is 4.64. The summed E-state index contributed by atoms with van der Waals surface area (Å²) in [4.78, 5) is 0. The Morgan fingerprint density at radius 3 is 2.21 bits per heavy atom. The maximum Gasteiger partial charge on any atom is 0.0891 e. The summed E-state index contributed by atoms with van der Waals surface area (Å²) >= 11 is 10.9. The van der Waals surface area contributed by atoms with Crippen molar-refractivity contribution in [1.82, 2.24) is 4.57 Å². The molecule has 1 atom stereocenters. The normalized spacial score (nSPS) is 12.6. The maximum atomic E-state index is 10.8. The van der Waals surface area contributed by atoms with Gasteiger partial charge in [0.2, 0.25) is 0 Å². The number of rotatable bonds is 5. The zero-order valence-corrected chi connectivity index (χ0v) is 20.3. The topological polar surface area (TPSA) is 37.2 Å². The Balaban J connectivity index is 1.64. The third-order valence-electron chi connectivity index (χ3n) is 4.98. The van der Waals surface area contributed by atoms with Gasteiger partial charge in [-0.1, -0.05) is 17.7 Å². The van der Waals surface area contributed by atoms with E-state index in [1.54, 1.807) is 0 Å². The van der Waals surface area contributed by atoms with Crippen molar-refractivity contribution >= 4 is 84.3 Å². The molecule has 1 heterocycles. The largest absolute Gasteiger partial charge is 0.389 e. The molecule has 0 radical (unpaired) electrons. The van der Waals surface area contributed by atoms with Gasteiger partial charge in [-0.15, -0.1) is 0 Å². The summed E-state index contributed by atoms with van der Waals surface area (Å²) in [7, 11) is 0. The van der Waals surface area contributed by atoms with Crippen LogP contribution in [0.25, 0.3) is 21.8 Å². The summed E-state index contributed by atoms with van der Waals surface area (Å²) in [6, 6.07) is 18.7. The molecule has 4 aromatic rings. The number of aliphatic hydroxyl groups is 1. The number of benzene rings is 3. The number of nitrogens with one attached hydrogen (secondary N) is 1. The number of hydrogen-bond donors (Lipinski definition) is 2. The fourth-order valence-corrected chi connectivity index (χ4v) is 4.70. The second-order valence-corrected chi connectivity index (χ2v) is 9.78. The third kappa shape index (κ3) is 3.99. The molecule has 0 saturated heterocycles. The minimum absolute atomic E-state index is 0.455. The van der Waals surface area contributed by atoms with Crippen molar-refractivity contribution in [3.63, 3.8) is 0 Å². The van der Waals surface area contributed by atoms with Crippen LogP contribution in [0.15, 0.2) is 54.6 Å². The van der Waals surface area contributed by atoms with E-state index < -0.39 is 6.10 Å². The first-order valence-electron chi connectivity index (χ1n) is 8.98. The van der Waals surface area contributed by atoms with E-state index in [1.807, 2.05) is 25.1 Å². The lowest BCUT2D eigenvalue weighted by atomic mass is 10.2. The monoisotopic (exact) mass is 616 g/mol. The van der Waals surface area contributed by atoms with Gasteiger partial charge in [-0.2, -0.15) is 0 Å². The smallest absolute Gasteiger partial charge is 0.0891 e. The van der Waals surface area contributed by atoms with E-state index in [0.717, 1.165) is 27.3 Å². The first-order chi connectivity index (χ1) is 13.4. The number of hydrogen-bond acceptors (Lipinski definition) is 2. The van der Waals surface area contributed by atoms with E-state index >= 15 is 0 Å². The highest BCUT2D eigenvalue weighted by Crippen LogP contribution is 2.32. The van der Waals surface area contributed by atoms with E-state index in [2.05, 4.69) is 91.5 Å². The zero-order chi connectivity index (χ0) is 19.8. The van der Waals surface area contributed by atoms with Gasteiger partial charge in [0.15, 0.2) is 0 Å². The highest BCUT2D eigenvalue weighted by molar-refractivity contribution is 14.1. The molecule has 28 heavy (non-hydrogen) atoms. The first kappa shape index (κ1) is 20.3. The summed E-state index contributed by atoms with van der Waals surface area (Å²) in [5.74, 6) is 0. The quantitative estimate of drug-likeness (QED) is 0.254. The Hall–Kier alpha value is -1.03. The molecular formula is C22H19ClI2N2O. The minimum atomic E-state index is -0.532. The van der Waals surface area contributed by atoms with E-state index in [0.29, 0.717) is 13.1 Å². The van der Waals surface area contributed by atoms with Gasteiger partial charge >= 0.3 is 0 Å². The SMILES string of the molecule is Cc1c(Cl)cccc1NCC(O)Cn1c2ccc(I)cc2c2cc(I)ccc21. The van der Waals surface area contributed by atoms with Crippen LogP contribution in [0.4, 0.5) is 5.69 Å². The fourth-order valence-electron chi connectivity index (χ4n) is 3.55. The van der Waals surface area contributed by atoms with Crippen molar-refractivity contribution < 1.29 is 5.11 Å². The Kier molecular flexibility index (Phi) is 6.06. The Labute approximate surface area is 196 Å². The minimum Gasteiger partial charge on any atom is -0.389 e. The number of anilines is 1. The summed E-state index contributed by atoms with van der Waals surface area (Å²) in [6.45, 7) is 2.96. The number of nitrogens with zero attached hydrogens (tertiary/aromatic N) is 1. The van der Waals surface area contributed by atoms with Crippen molar-refractivity contribution in [3.05, 3.63) is 72.3 Å². The zero-order valence-electron chi connectivity index (χ0n) is 15.2. The van der Waals surface area contributed by atoms with Gasteiger partial charge in [0.05, 0.1) is 12.6 Å². The lowest BCUT2D eigenvalue weighted by molar-refractivity contribution is 0.169. The van der Waals surface area contributed by atoms with Crippen molar-refractivity contribution in [2.75, 3.05) is 11.9 Å². The van der Waals surface area contributed by atoms with Gasteiger partial charge in [-0.25, -0.2) is 0 Å². The molecule has 4 rings (SSSR count). The summed E-state index contributed by atoms with van der Waals surface area (Å²) in [5, 5.41) is 17.3.